The summed E-state index contributed by atoms with van der Waals surface area (Å²) in [6, 6.07) is 0. The molecule has 0 fully saturated rings. The molecule has 4 nitrogen and oxygen atoms in total. The van der Waals surface area contributed by atoms with E-state index in [-0.39, 0.29) is 5.92 Å². The minimum Gasteiger partial charge on any atom is -0.481 e. The maximum Gasteiger partial charge on any atom is 0.311 e. The van der Waals surface area contributed by atoms with Gasteiger partial charge >= 0.3 is 11.9 Å². The molecule has 2 N–H and O–H groups in total. The van der Waals surface area contributed by atoms with Gasteiger partial charge < -0.3 is 10.2 Å². The quantitative estimate of drug-likeness (QED) is 0.254. The van der Waals surface area contributed by atoms with E-state index in [1.807, 2.05) is 26.0 Å². The van der Waals surface area contributed by atoms with Crippen LogP contribution in [-0.4, -0.2) is 22.2 Å². The van der Waals surface area contributed by atoms with Gasteiger partial charge in [0.2, 0.25) is 0 Å². The van der Waals surface area contributed by atoms with Gasteiger partial charge in [-0.25, -0.2) is 0 Å². The van der Waals surface area contributed by atoms with E-state index < -0.39 is 22.8 Å². The summed E-state index contributed by atoms with van der Waals surface area (Å²) in [5, 5.41) is 20.3. The molecule has 0 saturated carbocycles. The predicted octanol–water partition coefficient (Wildman–Crippen LogP) is 6.69. The fraction of sp³-hybridized carbons (Fsp3) is 0.833. The number of rotatable bonds is 14. The normalized spacial score (nSPS) is 25.8. The van der Waals surface area contributed by atoms with Crippen LogP contribution in [0.4, 0.5) is 0 Å². The van der Waals surface area contributed by atoms with E-state index in [1.165, 1.54) is 32.1 Å². The van der Waals surface area contributed by atoms with Crippen LogP contribution >= 0.6 is 0 Å². The van der Waals surface area contributed by atoms with Crippen molar-refractivity contribution in [1.29, 1.82) is 0 Å². The molecule has 0 radical (unpaired) electrons. The summed E-state index contributed by atoms with van der Waals surface area (Å²) in [5.41, 5.74) is -2.40. The van der Waals surface area contributed by atoms with E-state index in [0.29, 0.717) is 25.7 Å². The average Bonchev–Trinajstić information content (AvgIpc) is 2.65. The van der Waals surface area contributed by atoms with Gasteiger partial charge in [-0.1, -0.05) is 97.6 Å². The van der Waals surface area contributed by atoms with Crippen molar-refractivity contribution in [3.8, 4) is 0 Å². The molecule has 0 amide bonds. The van der Waals surface area contributed by atoms with Gasteiger partial charge in [0, 0.05) is 0 Å². The number of hydrogen-bond acceptors (Lipinski definition) is 2. The van der Waals surface area contributed by atoms with Crippen molar-refractivity contribution in [2.75, 3.05) is 0 Å². The lowest BCUT2D eigenvalue weighted by atomic mass is 9.50. The van der Waals surface area contributed by atoms with Crippen LogP contribution < -0.4 is 0 Å². The number of unbranched alkanes of at least 4 members (excludes halogenated alkanes) is 6. The smallest absolute Gasteiger partial charge is 0.311 e. The molecule has 0 saturated heterocycles. The molecule has 162 valence electrons. The van der Waals surface area contributed by atoms with Crippen LogP contribution in [0.1, 0.15) is 105 Å². The second-order valence-corrected chi connectivity index (χ2v) is 9.26. The second-order valence-electron chi connectivity index (χ2n) is 9.26. The zero-order valence-electron chi connectivity index (χ0n) is 18.5. The Hall–Kier alpha value is -1.32. The monoisotopic (exact) mass is 394 g/mol. The van der Waals surface area contributed by atoms with Crippen molar-refractivity contribution in [2.45, 2.75) is 105 Å². The van der Waals surface area contributed by atoms with Crippen molar-refractivity contribution in [2.24, 2.45) is 22.7 Å². The van der Waals surface area contributed by atoms with E-state index in [1.54, 1.807) is 0 Å². The molecule has 3 unspecified atom stereocenters. The molecule has 4 heteroatoms. The van der Waals surface area contributed by atoms with Gasteiger partial charge in [-0.15, -0.1) is 0 Å². The number of allylic oxidation sites excluding steroid dienone is 2. The highest BCUT2D eigenvalue weighted by Crippen LogP contribution is 2.57. The molecule has 0 spiro atoms. The van der Waals surface area contributed by atoms with E-state index in [0.717, 1.165) is 25.2 Å². The molecule has 0 aliphatic heterocycles. The summed E-state index contributed by atoms with van der Waals surface area (Å²) in [5.74, 6) is -1.28. The molecule has 0 aromatic heterocycles. The first-order valence-corrected chi connectivity index (χ1v) is 11.4. The lowest BCUT2D eigenvalue weighted by Gasteiger charge is -2.50. The molecule has 0 bridgehead atoms. The highest BCUT2D eigenvalue weighted by molar-refractivity contribution is 5.87. The van der Waals surface area contributed by atoms with E-state index >= 15 is 0 Å². The van der Waals surface area contributed by atoms with Gasteiger partial charge in [0.15, 0.2) is 0 Å². The van der Waals surface area contributed by atoms with Gasteiger partial charge in [-0.3, -0.25) is 9.59 Å². The average molecular weight is 395 g/mol. The number of carboxylic acid groups (broad SMARTS) is 2. The summed E-state index contributed by atoms with van der Waals surface area (Å²) < 4.78 is 0. The third-order valence-corrected chi connectivity index (χ3v) is 7.06. The first kappa shape index (κ1) is 24.7. The molecule has 1 rings (SSSR count). The van der Waals surface area contributed by atoms with Gasteiger partial charge in [0.25, 0.3) is 0 Å². The van der Waals surface area contributed by atoms with Gasteiger partial charge in [0.05, 0.1) is 10.8 Å². The maximum absolute atomic E-state index is 12.4. The van der Waals surface area contributed by atoms with Gasteiger partial charge in [-0.05, 0) is 31.1 Å². The molecular formula is C24H42O4. The molecule has 3 atom stereocenters. The van der Waals surface area contributed by atoms with Crippen molar-refractivity contribution in [1.82, 2.24) is 0 Å². The van der Waals surface area contributed by atoms with Crippen LogP contribution in [0.15, 0.2) is 12.2 Å². The largest absolute Gasteiger partial charge is 0.481 e. The summed E-state index contributed by atoms with van der Waals surface area (Å²) in [6.45, 7) is 8.38. The van der Waals surface area contributed by atoms with Crippen LogP contribution in [-0.2, 0) is 9.59 Å². The Morgan fingerprint density at radius 1 is 0.857 bits per heavy atom. The topological polar surface area (TPSA) is 74.6 Å². The Morgan fingerprint density at radius 3 is 1.89 bits per heavy atom. The molecule has 1 aliphatic rings. The highest BCUT2D eigenvalue weighted by Gasteiger charge is 2.62. The van der Waals surface area contributed by atoms with Crippen molar-refractivity contribution < 1.29 is 19.8 Å². The summed E-state index contributed by atoms with van der Waals surface area (Å²) in [7, 11) is 0. The lowest BCUT2D eigenvalue weighted by molar-refractivity contribution is -0.182. The minimum atomic E-state index is -1.21. The van der Waals surface area contributed by atoms with Crippen molar-refractivity contribution in [3.05, 3.63) is 12.2 Å². The lowest BCUT2D eigenvalue weighted by Crippen LogP contribution is -2.56. The van der Waals surface area contributed by atoms with Gasteiger partial charge in [-0.2, -0.15) is 0 Å². The molecule has 0 aromatic rings. The number of aliphatic carboxylic acids is 2. The van der Waals surface area contributed by atoms with Crippen LogP contribution in [0.5, 0.6) is 0 Å². The third kappa shape index (κ3) is 5.61. The molecule has 0 aromatic carbocycles. The van der Waals surface area contributed by atoms with Crippen molar-refractivity contribution >= 4 is 11.9 Å². The number of carbonyl (C=O) groups is 2. The van der Waals surface area contributed by atoms with Crippen LogP contribution in [0.25, 0.3) is 0 Å². The van der Waals surface area contributed by atoms with E-state index in [2.05, 4.69) is 13.8 Å². The Morgan fingerprint density at radius 2 is 1.39 bits per heavy atom. The Labute approximate surface area is 171 Å². The summed E-state index contributed by atoms with van der Waals surface area (Å²) in [6.07, 6.45) is 14.7. The van der Waals surface area contributed by atoms with Crippen LogP contribution in [0.2, 0.25) is 0 Å². The highest BCUT2D eigenvalue weighted by atomic mass is 16.4. The van der Waals surface area contributed by atoms with E-state index in [4.69, 9.17) is 0 Å². The molecular weight excluding hydrogens is 352 g/mol. The minimum absolute atomic E-state index is 0.174. The first-order chi connectivity index (χ1) is 13.2. The zero-order chi connectivity index (χ0) is 21.2. The maximum atomic E-state index is 12.4. The molecule has 28 heavy (non-hydrogen) atoms. The fourth-order valence-electron chi connectivity index (χ4n) is 5.03. The Balaban J connectivity index is 2.68. The SMILES string of the molecule is CCC(C)C1(C(=O)O)CC=CCC1(CCCCCCCCCC(C)C)C(=O)O. The van der Waals surface area contributed by atoms with Crippen molar-refractivity contribution in [3.63, 3.8) is 0 Å². The fourth-order valence-corrected chi connectivity index (χ4v) is 5.03. The number of carboxylic acids is 2. The molecule has 1 aliphatic carbocycles. The Bertz CT molecular complexity index is 525. The Kier molecular flexibility index (Phi) is 10.3. The summed E-state index contributed by atoms with van der Waals surface area (Å²) >= 11 is 0. The molecule has 0 heterocycles. The number of hydrogen-bond donors (Lipinski definition) is 2. The van der Waals surface area contributed by atoms with Crippen LogP contribution in [0.3, 0.4) is 0 Å². The van der Waals surface area contributed by atoms with Crippen LogP contribution in [0, 0.1) is 22.7 Å². The predicted molar refractivity (Wildman–Crippen MR) is 114 cm³/mol. The zero-order valence-corrected chi connectivity index (χ0v) is 18.5. The third-order valence-electron chi connectivity index (χ3n) is 7.06. The standard InChI is InChI=1S/C24H42O4/c1-5-20(4)24(22(27)28)18-14-13-17-23(24,21(25)26)16-12-10-8-6-7-9-11-15-19(2)3/h13-14,19-20H,5-12,15-18H2,1-4H3,(H,25,26)(H,27,28). The summed E-state index contributed by atoms with van der Waals surface area (Å²) in [4.78, 5) is 24.8. The first-order valence-electron chi connectivity index (χ1n) is 11.4. The second kappa shape index (κ2) is 11.6. The van der Waals surface area contributed by atoms with E-state index in [9.17, 15) is 19.8 Å². The van der Waals surface area contributed by atoms with Gasteiger partial charge in [0.1, 0.15) is 0 Å².